The second-order valence-corrected chi connectivity index (χ2v) is 22.9. The summed E-state index contributed by atoms with van der Waals surface area (Å²) >= 11 is 3.80. The van der Waals surface area contributed by atoms with Gasteiger partial charge in [0.1, 0.15) is 37.8 Å². The van der Waals surface area contributed by atoms with E-state index in [9.17, 15) is 19.6 Å². The normalized spacial score (nSPS) is 15.2. The summed E-state index contributed by atoms with van der Waals surface area (Å²) in [6.07, 6.45) is -1.60. The molecule has 10 aromatic rings. The molecule has 0 radical (unpaired) electrons. The van der Waals surface area contributed by atoms with Crippen LogP contribution in [0.1, 0.15) is 78.2 Å². The summed E-state index contributed by atoms with van der Waals surface area (Å²) < 4.78 is 14.0. The van der Waals surface area contributed by atoms with E-state index in [1.54, 1.807) is 13.0 Å². The van der Waals surface area contributed by atoms with Gasteiger partial charge in [0.25, 0.3) is 23.4 Å². The number of fused-ring (bicyclic) bond motifs is 2. The number of oxime groups is 1. The molecule has 1 fully saturated rings. The van der Waals surface area contributed by atoms with E-state index in [0.29, 0.717) is 32.4 Å². The van der Waals surface area contributed by atoms with Crippen LogP contribution in [-0.4, -0.2) is 87.1 Å². The first-order valence-corrected chi connectivity index (χ1v) is 29.6. The van der Waals surface area contributed by atoms with Crippen LogP contribution in [0.15, 0.2) is 240 Å². The second kappa shape index (κ2) is 24.0. The number of β-lactam (4-membered cyclic amide) rings is 1. The Morgan fingerprint density at radius 3 is 1.63 bits per heavy atom. The van der Waals surface area contributed by atoms with Crippen molar-refractivity contribution < 1.29 is 33.9 Å². The number of esters is 2. The van der Waals surface area contributed by atoms with Gasteiger partial charge in [-0.3, -0.25) is 14.5 Å². The maximum absolute atomic E-state index is 15.1. The minimum absolute atomic E-state index is 0.0138. The summed E-state index contributed by atoms with van der Waals surface area (Å²) in [6, 6.07) is 67.5. The first-order chi connectivity index (χ1) is 41.1. The molecule has 0 unspecified atom stereocenters. The molecule has 0 aliphatic carbocycles. The van der Waals surface area contributed by atoms with Crippen LogP contribution >= 0.6 is 34.9 Å². The second-order valence-electron chi connectivity index (χ2n) is 19.7. The van der Waals surface area contributed by atoms with Crippen molar-refractivity contribution in [2.75, 3.05) is 17.2 Å². The first-order valence-electron chi connectivity index (χ1n) is 26.7. The van der Waals surface area contributed by atoms with Crippen molar-refractivity contribution in [1.82, 2.24) is 34.8 Å². The number of hydrogen-bond donors (Lipinski definition) is 3. The third-order valence-electron chi connectivity index (χ3n) is 14.5. The Kier molecular flexibility index (Phi) is 15.7. The van der Waals surface area contributed by atoms with Gasteiger partial charge in [-0.05, 0) is 57.5 Å². The Morgan fingerprint density at radius 1 is 0.690 bits per heavy atom. The van der Waals surface area contributed by atoms with E-state index in [1.165, 1.54) is 32.9 Å². The third-order valence-corrected chi connectivity index (χ3v) is 17.9. The number of nitrogens with one attached hydrogen (secondary N) is 1. The molecule has 4 N–H and O–H groups in total. The molecule has 0 saturated carbocycles. The smallest absolute Gasteiger partial charge is 0.379 e. The Balaban J connectivity index is 0.848. The fourth-order valence-electron chi connectivity index (χ4n) is 10.6. The van der Waals surface area contributed by atoms with Gasteiger partial charge in [0.15, 0.2) is 17.9 Å². The molecule has 2 aliphatic rings. The van der Waals surface area contributed by atoms with Crippen molar-refractivity contribution in [3.05, 3.63) is 291 Å². The van der Waals surface area contributed by atoms with Crippen LogP contribution in [0.4, 0.5) is 5.00 Å². The van der Waals surface area contributed by atoms with Crippen LogP contribution < -0.4 is 11.1 Å². The number of benzene rings is 7. The van der Waals surface area contributed by atoms with Gasteiger partial charge in [-0.15, -0.1) is 28.6 Å². The number of nitrogens with two attached hydrogens (primary N) is 1. The van der Waals surface area contributed by atoms with Gasteiger partial charge in [-0.25, -0.2) is 19.6 Å². The van der Waals surface area contributed by atoms with Gasteiger partial charge in [0.2, 0.25) is 0 Å². The highest BCUT2D eigenvalue weighted by molar-refractivity contribution is 8.01. The molecule has 0 bridgehead atoms. The number of aryl methyl sites for hydroxylation is 1. The lowest BCUT2D eigenvalue weighted by Gasteiger charge is -2.49. The average molecular weight is 1170 g/mol. The minimum atomic E-state index is -1.18. The number of aromatic nitrogens is 5. The van der Waals surface area contributed by atoms with Crippen LogP contribution in [0, 0.1) is 6.92 Å². The number of ether oxygens (including phenoxy) is 2. The van der Waals surface area contributed by atoms with Gasteiger partial charge in [0.05, 0.1) is 5.41 Å². The lowest BCUT2D eigenvalue weighted by Crippen LogP contribution is -2.71. The molecule has 19 heteroatoms. The van der Waals surface area contributed by atoms with Crippen LogP contribution in [0.3, 0.4) is 0 Å². The van der Waals surface area contributed by atoms with Gasteiger partial charge in [-0.1, -0.05) is 229 Å². The Bertz CT molecular complexity index is 3930. The molecule has 7 aromatic carbocycles. The number of nitrogens with zero attached hydrogens (tertiary/aromatic N) is 7. The highest BCUT2D eigenvalue weighted by Gasteiger charge is 2.55. The van der Waals surface area contributed by atoms with E-state index in [4.69, 9.17) is 20.2 Å². The average Bonchev–Trinajstić information content (AvgIpc) is 1.81. The molecule has 416 valence electrons. The Labute approximate surface area is 495 Å². The van der Waals surface area contributed by atoms with Crippen LogP contribution in [0.5, 0.6) is 0 Å². The van der Waals surface area contributed by atoms with Crippen molar-refractivity contribution >= 4 is 75.1 Å². The molecule has 2 amide bonds. The number of carbonyl (C=O) groups excluding carboxylic acids is 4. The van der Waals surface area contributed by atoms with E-state index in [1.807, 2.05) is 212 Å². The van der Waals surface area contributed by atoms with Crippen molar-refractivity contribution in [2.24, 2.45) is 5.16 Å². The van der Waals surface area contributed by atoms with E-state index < -0.39 is 58.5 Å². The van der Waals surface area contributed by atoms with Crippen LogP contribution in [-0.2, 0) is 29.3 Å². The summed E-state index contributed by atoms with van der Waals surface area (Å²) in [6.45, 7) is 1.79. The fourth-order valence-corrected chi connectivity index (χ4v) is 14.2. The van der Waals surface area contributed by atoms with E-state index in [2.05, 4.69) is 25.5 Å². The topological polar surface area (TPSA) is 217 Å². The SMILES string of the molecule is Cc1cc(SCC2=C(C(=O)OC(c3ccccc3)c3ccccc3)N3C(=O)[C@@H](NC(=O)C(=NO)c4nc(C(c5ccccc5)(c5ccccc5)c5ccccc5)sc4N)[C@H]3SC2)n2nc(C(=O)OC(c3ccccc3)c3ccccc3)nc2n1. The molecule has 16 nitrogen and oxygen atoms in total. The molecule has 12 rings (SSSR count). The number of anilines is 1. The highest BCUT2D eigenvalue weighted by Crippen LogP contribution is 2.48. The Morgan fingerprint density at radius 2 is 1.15 bits per heavy atom. The zero-order valence-electron chi connectivity index (χ0n) is 44.8. The van der Waals surface area contributed by atoms with Crippen LogP contribution in [0.25, 0.3) is 5.78 Å². The molecule has 2 aliphatic heterocycles. The summed E-state index contributed by atoms with van der Waals surface area (Å²) in [5.41, 5.74) is 11.9. The zero-order valence-corrected chi connectivity index (χ0v) is 47.3. The summed E-state index contributed by atoms with van der Waals surface area (Å²) in [5.74, 6) is -2.70. The van der Waals surface area contributed by atoms with Gasteiger partial charge in [0, 0.05) is 17.2 Å². The first kappa shape index (κ1) is 54.9. The third kappa shape index (κ3) is 10.6. The number of hydrogen-bond acceptors (Lipinski definition) is 16. The zero-order chi connectivity index (χ0) is 57.7. The number of thiazole rings is 1. The van der Waals surface area contributed by atoms with Gasteiger partial charge < -0.3 is 25.7 Å². The highest BCUT2D eigenvalue weighted by atomic mass is 32.2. The lowest BCUT2D eigenvalue weighted by atomic mass is 9.70. The maximum Gasteiger partial charge on any atom is 0.379 e. The quantitative estimate of drug-likeness (QED) is 0.0106. The lowest BCUT2D eigenvalue weighted by molar-refractivity contribution is -0.154. The van der Waals surface area contributed by atoms with Gasteiger partial charge >= 0.3 is 11.9 Å². The molecule has 3 aromatic heterocycles. The maximum atomic E-state index is 15.1. The molecular formula is C65H51N9O7S3. The predicted molar refractivity (Wildman–Crippen MR) is 322 cm³/mol. The minimum Gasteiger partial charge on any atom is -0.448 e. The Hall–Kier alpha value is -9.69. The molecule has 84 heavy (non-hydrogen) atoms. The number of amides is 2. The number of thioether (sulfide) groups is 2. The largest absolute Gasteiger partial charge is 0.448 e. The van der Waals surface area contributed by atoms with E-state index >= 15 is 4.79 Å². The molecular weight excluding hydrogens is 1110 g/mol. The fraction of sp³-hybridized carbons (Fsp3) is 0.123. The standard InChI is InChI=1S/C65H51N9O7S3/c1-40-37-49(74-64(67-40)70-57(71-74)62(78)81-55(43-27-13-4-14-28-43)44-29-15-5-16-30-44)82-38-45-39-83-60-52(59(76)73(60)53(45)61(77)80-54(41-23-9-2-10-24-41)42-25-11-3-12-26-42)68-58(75)51(72-79)50-56(66)84-63(69-50)65(46-31-17-6-18-32-46,47-33-19-7-20-34-47)48-35-21-8-22-36-48/h2-37,52,54-55,60,79H,38-39,66H2,1H3,(H,68,75)/t52-,60-/m1/s1. The van der Waals surface area contributed by atoms with Crippen molar-refractivity contribution in [3.63, 3.8) is 0 Å². The molecule has 2 atom stereocenters. The van der Waals surface area contributed by atoms with Crippen molar-refractivity contribution in [1.29, 1.82) is 0 Å². The number of carbonyl (C=O) groups is 4. The summed E-state index contributed by atoms with van der Waals surface area (Å²) in [4.78, 5) is 73.9. The molecule has 5 heterocycles. The molecule has 1 saturated heterocycles. The van der Waals surface area contributed by atoms with Crippen molar-refractivity contribution in [3.8, 4) is 0 Å². The monoisotopic (exact) mass is 1170 g/mol. The van der Waals surface area contributed by atoms with E-state index in [-0.39, 0.29) is 39.5 Å². The summed E-state index contributed by atoms with van der Waals surface area (Å²) in [7, 11) is 0. The van der Waals surface area contributed by atoms with Crippen molar-refractivity contribution in [2.45, 2.75) is 41.0 Å². The number of rotatable bonds is 18. The number of nitrogen functional groups attached to an aromatic ring is 1. The molecule has 0 spiro atoms. The van der Waals surface area contributed by atoms with E-state index in [0.717, 1.165) is 39.2 Å². The van der Waals surface area contributed by atoms with Gasteiger partial charge in [-0.2, -0.15) is 9.50 Å². The predicted octanol–water partition coefficient (Wildman–Crippen LogP) is 10.8. The van der Waals surface area contributed by atoms with Crippen LogP contribution in [0.2, 0.25) is 0 Å². The summed E-state index contributed by atoms with van der Waals surface area (Å²) in [5, 5.41) is 21.9.